The van der Waals surface area contributed by atoms with Crippen LogP contribution in [-0.4, -0.2) is 35.6 Å². The molecule has 1 aromatic heterocycles. The number of carbonyl (C=O) groups is 1. The lowest BCUT2D eigenvalue weighted by atomic mass is 10.1. The van der Waals surface area contributed by atoms with E-state index < -0.39 is 0 Å². The average molecular weight is 259 g/mol. The molecule has 0 radical (unpaired) electrons. The van der Waals surface area contributed by atoms with Crippen LogP contribution in [0.1, 0.15) is 15.9 Å². The molecule has 1 amide bonds. The van der Waals surface area contributed by atoms with Crippen LogP contribution in [0.4, 0.5) is 0 Å². The highest BCUT2D eigenvalue weighted by atomic mass is 16.3. The maximum absolute atomic E-state index is 12.2. The molecule has 0 saturated carbocycles. The normalized spacial score (nSPS) is 10.4. The van der Waals surface area contributed by atoms with Gasteiger partial charge in [0.15, 0.2) is 0 Å². The van der Waals surface area contributed by atoms with Gasteiger partial charge in [0.05, 0.1) is 18.4 Å². The molecule has 0 atom stereocenters. The third-order valence-corrected chi connectivity index (χ3v) is 2.94. The first kappa shape index (κ1) is 13.4. The van der Waals surface area contributed by atoms with Crippen LogP contribution in [-0.2, 0) is 6.42 Å². The molecular formula is C15H17NO3. The van der Waals surface area contributed by atoms with E-state index in [0.717, 1.165) is 6.42 Å². The number of hydrogen-bond donors (Lipinski definition) is 1. The molecule has 0 aliphatic rings. The molecule has 0 unspecified atom stereocenters. The third kappa shape index (κ3) is 3.69. The van der Waals surface area contributed by atoms with Crippen molar-refractivity contribution in [1.29, 1.82) is 0 Å². The minimum atomic E-state index is -0.112. The molecule has 1 heterocycles. The Morgan fingerprint density at radius 3 is 2.58 bits per heavy atom. The Morgan fingerprint density at radius 2 is 1.95 bits per heavy atom. The van der Waals surface area contributed by atoms with E-state index in [-0.39, 0.29) is 12.5 Å². The number of nitrogens with zero attached hydrogens (tertiary/aromatic N) is 1. The Kier molecular flexibility index (Phi) is 4.75. The molecule has 0 spiro atoms. The molecule has 0 aliphatic carbocycles. The minimum absolute atomic E-state index is 0.0433. The lowest BCUT2D eigenvalue weighted by Crippen LogP contribution is -2.35. The first-order valence-corrected chi connectivity index (χ1v) is 6.27. The predicted molar refractivity (Wildman–Crippen MR) is 71.8 cm³/mol. The second-order valence-corrected chi connectivity index (χ2v) is 4.26. The van der Waals surface area contributed by atoms with Crippen molar-refractivity contribution in [3.63, 3.8) is 0 Å². The lowest BCUT2D eigenvalue weighted by Gasteiger charge is -2.21. The van der Waals surface area contributed by atoms with E-state index in [9.17, 15) is 4.79 Å². The molecule has 4 nitrogen and oxygen atoms in total. The van der Waals surface area contributed by atoms with Gasteiger partial charge < -0.3 is 14.4 Å². The van der Waals surface area contributed by atoms with Gasteiger partial charge >= 0.3 is 0 Å². The highest BCUT2D eigenvalue weighted by Gasteiger charge is 2.15. The molecule has 0 bridgehead atoms. The summed E-state index contributed by atoms with van der Waals surface area (Å²) >= 11 is 0. The Balaban J connectivity index is 1.98. The van der Waals surface area contributed by atoms with Gasteiger partial charge in [-0.15, -0.1) is 0 Å². The summed E-state index contributed by atoms with van der Waals surface area (Å²) in [5.74, 6) is -0.112. The Morgan fingerprint density at radius 1 is 1.16 bits per heavy atom. The number of hydrogen-bond acceptors (Lipinski definition) is 3. The molecule has 4 heteroatoms. The van der Waals surface area contributed by atoms with Crippen LogP contribution in [0.2, 0.25) is 0 Å². The molecule has 0 fully saturated rings. The van der Waals surface area contributed by atoms with Crippen molar-refractivity contribution in [3.8, 4) is 0 Å². The van der Waals surface area contributed by atoms with Crippen LogP contribution in [0.3, 0.4) is 0 Å². The highest BCUT2D eigenvalue weighted by molar-refractivity contribution is 5.93. The molecule has 2 rings (SSSR count). The number of carbonyl (C=O) groups excluding carboxylic acids is 1. The van der Waals surface area contributed by atoms with Crippen LogP contribution in [0.5, 0.6) is 0 Å². The third-order valence-electron chi connectivity index (χ3n) is 2.94. The summed E-state index contributed by atoms with van der Waals surface area (Å²) in [4.78, 5) is 13.8. The molecule has 2 aromatic rings. The predicted octanol–water partition coefficient (Wildman–Crippen LogP) is 1.96. The fourth-order valence-electron chi connectivity index (χ4n) is 1.91. The maximum atomic E-state index is 12.2. The zero-order valence-corrected chi connectivity index (χ0v) is 10.7. The number of aliphatic hydroxyl groups is 1. The number of amides is 1. The molecule has 100 valence electrons. The second kappa shape index (κ2) is 6.75. The van der Waals surface area contributed by atoms with Gasteiger partial charge in [0.2, 0.25) is 0 Å². The van der Waals surface area contributed by atoms with Crippen molar-refractivity contribution in [1.82, 2.24) is 4.90 Å². The van der Waals surface area contributed by atoms with E-state index in [1.54, 1.807) is 11.0 Å². The van der Waals surface area contributed by atoms with Crippen LogP contribution < -0.4 is 0 Å². The van der Waals surface area contributed by atoms with Gasteiger partial charge in [-0.1, -0.05) is 30.3 Å². The van der Waals surface area contributed by atoms with Gasteiger partial charge in [-0.05, 0) is 18.1 Å². The summed E-state index contributed by atoms with van der Waals surface area (Å²) in [5, 5.41) is 9.06. The van der Waals surface area contributed by atoms with Gasteiger partial charge in [0, 0.05) is 13.1 Å². The van der Waals surface area contributed by atoms with E-state index in [1.807, 2.05) is 30.3 Å². The van der Waals surface area contributed by atoms with Crippen molar-refractivity contribution in [2.45, 2.75) is 6.42 Å². The fourth-order valence-corrected chi connectivity index (χ4v) is 1.91. The monoisotopic (exact) mass is 259 g/mol. The smallest absolute Gasteiger partial charge is 0.257 e. The Hall–Kier alpha value is -2.07. The number of rotatable bonds is 6. The van der Waals surface area contributed by atoms with Crippen molar-refractivity contribution in [3.05, 3.63) is 60.1 Å². The molecule has 1 aromatic carbocycles. The first-order chi connectivity index (χ1) is 9.31. The van der Waals surface area contributed by atoms with Crippen LogP contribution in [0, 0.1) is 0 Å². The van der Waals surface area contributed by atoms with Crippen molar-refractivity contribution in [2.24, 2.45) is 0 Å². The maximum Gasteiger partial charge on any atom is 0.257 e. The van der Waals surface area contributed by atoms with Crippen LogP contribution in [0.25, 0.3) is 0 Å². The Bertz CT molecular complexity index is 493. The number of furan rings is 1. The Labute approximate surface area is 112 Å². The molecule has 0 aliphatic heterocycles. The molecule has 0 saturated heterocycles. The first-order valence-electron chi connectivity index (χ1n) is 6.27. The van der Waals surface area contributed by atoms with Gasteiger partial charge in [-0.3, -0.25) is 4.79 Å². The van der Waals surface area contributed by atoms with Crippen LogP contribution >= 0.6 is 0 Å². The largest absolute Gasteiger partial charge is 0.472 e. The molecule has 1 N–H and O–H groups in total. The highest BCUT2D eigenvalue weighted by Crippen LogP contribution is 2.07. The standard InChI is InChI=1S/C15H17NO3/c17-10-9-16(15(18)14-7-11-19-12-14)8-6-13-4-2-1-3-5-13/h1-5,7,11-12,17H,6,8-10H2. The SMILES string of the molecule is O=C(c1ccoc1)N(CCO)CCc1ccccc1. The summed E-state index contributed by atoms with van der Waals surface area (Å²) in [6, 6.07) is 11.6. The lowest BCUT2D eigenvalue weighted by molar-refractivity contribution is 0.0723. The van der Waals surface area contributed by atoms with Gasteiger partial charge in [0.25, 0.3) is 5.91 Å². The zero-order chi connectivity index (χ0) is 13.5. The summed E-state index contributed by atoms with van der Waals surface area (Å²) in [6.45, 7) is 0.865. The van der Waals surface area contributed by atoms with E-state index >= 15 is 0 Å². The van der Waals surface area contributed by atoms with Gasteiger partial charge in [0.1, 0.15) is 6.26 Å². The summed E-state index contributed by atoms with van der Waals surface area (Å²) in [7, 11) is 0. The van der Waals surface area contributed by atoms with E-state index in [0.29, 0.717) is 18.7 Å². The van der Waals surface area contributed by atoms with Crippen LogP contribution in [0.15, 0.2) is 53.3 Å². The zero-order valence-electron chi connectivity index (χ0n) is 10.7. The topological polar surface area (TPSA) is 53.7 Å². The minimum Gasteiger partial charge on any atom is -0.472 e. The summed E-state index contributed by atoms with van der Waals surface area (Å²) in [5.41, 5.74) is 1.69. The van der Waals surface area contributed by atoms with E-state index in [2.05, 4.69) is 0 Å². The second-order valence-electron chi connectivity index (χ2n) is 4.26. The van der Waals surface area contributed by atoms with Gasteiger partial charge in [-0.2, -0.15) is 0 Å². The fraction of sp³-hybridized carbons (Fsp3) is 0.267. The van der Waals surface area contributed by atoms with Gasteiger partial charge in [-0.25, -0.2) is 0 Å². The molecule has 19 heavy (non-hydrogen) atoms. The quantitative estimate of drug-likeness (QED) is 0.862. The summed E-state index contributed by atoms with van der Waals surface area (Å²) < 4.78 is 4.92. The van der Waals surface area contributed by atoms with E-state index in [4.69, 9.17) is 9.52 Å². The van der Waals surface area contributed by atoms with Crippen molar-refractivity contribution >= 4 is 5.91 Å². The molecular weight excluding hydrogens is 242 g/mol. The van der Waals surface area contributed by atoms with Crippen molar-refractivity contribution < 1.29 is 14.3 Å². The van der Waals surface area contributed by atoms with Crippen molar-refractivity contribution in [2.75, 3.05) is 19.7 Å². The van der Waals surface area contributed by atoms with E-state index in [1.165, 1.54) is 18.1 Å². The number of benzene rings is 1. The average Bonchev–Trinajstić information content (AvgIpc) is 2.98. The number of aliphatic hydroxyl groups excluding tert-OH is 1. The summed E-state index contributed by atoms with van der Waals surface area (Å²) in [6.07, 6.45) is 3.67.